The molecule has 158 valence electrons. The minimum atomic E-state index is -3.83. The van der Waals surface area contributed by atoms with Gasteiger partial charge in [0.25, 0.3) is 10.0 Å². The molecule has 6 nitrogen and oxygen atoms in total. The summed E-state index contributed by atoms with van der Waals surface area (Å²) in [6.07, 6.45) is 1.51. The van der Waals surface area contributed by atoms with Crippen molar-refractivity contribution in [1.29, 1.82) is 0 Å². The van der Waals surface area contributed by atoms with Crippen molar-refractivity contribution in [3.8, 4) is 5.75 Å². The summed E-state index contributed by atoms with van der Waals surface area (Å²) in [5.74, 6) is -0.883. The second-order valence-electron chi connectivity index (χ2n) is 7.11. The Morgan fingerprint density at radius 2 is 1.60 bits per heavy atom. The molecule has 2 aromatic carbocycles. The van der Waals surface area contributed by atoms with Crippen LogP contribution in [0.3, 0.4) is 0 Å². The molecular weight excluding hydrogens is 402 g/mol. The summed E-state index contributed by atoms with van der Waals surface area (Å²) >= 11 is 0. The maximum atomic E-state index is 13.4. The number of aryl methyl sites for hydroxylation is 1. The Hall–Kier alpha value is -3.06. The van der Waals surface area contributed by atoms with Crippen LogP contribution in [-0.4, -0.2) is 32.6 Å². The number of hydrogen-bond acceptors (Lipinski definition) is 5. The molecule has 0 radical (unpaired) electrons. The van der Waals surface area contributed by atoms with E-state index in [1.807, 2.05) is 19.1 Å². The standard InChI is InChI=1S/C23H25NO5S/c1-16-7-13-20(14-8-16)30(26,27)24-15-5-6-21(24)22(17(2)23(25)29-4)18-9-11-19(28-3)12-10-18/h5-15,17,22H,1-4H3/t17-,22+/m1/s1. The van der Waals surface area contributed by atoms with E-state index in [2.05, 4.69) is 0 Å². The zero-order chi connectivity index (χ0) is 21.9. The highest BCUT2D eigenvalue weighted by atomic mass is 32.2. The van der Waals surface area contributed by atoms with Crippen molar-refractivity contribution in [3.05, 3.63) is 83.7 Å². The molecule has 0 saturated carbocycles. The van der Waals surface area contributed by atoms with Crippen LogP contribution in [-0.2, 0) is 19.6 Å². The Kier molecular flexibility index (Phi) is 6.31. The van der Waals surface area contributed by atoms with Crippen molar-refractivity contribution in [2.24, 2.45) is 5.92 Å². The fourth-order valence-corrected chi connectivity index (χ4v) is 4.90. The second-order valence-corrected chi connectivity index (χ2v) is 8.92. The van der Waals surface area contributed by atoms with Gasteiger partial charge in [-0.3, -0.25) is 4.79 Å². The highest BCUT2D eigenvalue weighted by molar-refractivity contribution is 7.90. The van der Waals surface area contributed by atoms with Gasteiger partial charge in [-0.1, -0.05) is 36.8 Å². The topological polar surface area (TPSA) is 74.6 Å². The zero-order valence-electron chi connectivity index (χ0n) is 17.4. The molecule has 0 N–H and O–H groups in total. The summed E-state index contributed by atoms with van der Waals surface area (Å²) in [5, 5.41) is 0. The smallest absolute Gasteiger partial charge is 0.309 e. The van der Waals surface area contributed by atoms with E-state index in [1.165, 1.54) is 17.3 Å². The van der Waals surface area contributed by atoms with Crippen molar-refractivity contribution in [2.75, 3.05) is 14.2 Å². The molecule has 1 heterocycles. The number of carbonyl (C=O) groups excluding carboxylic acids is 1. The Morgan fingerprint density at radius 1 is 0.967 bits per heavy atom. The van der Waals surface area contributed by atoms with Crippen LogP contribution in [0.15, 0.2) is 71.8 Å². The summed E-state index contributed by atoms with van der Waals surface area (Å²) < 4.78 is 38.1. The Labute approximate surface area is 177 Å². The van der Waals surface area contributed by atoms with E-state index < -0.39 is 27.8 Å². The quantitative estimate of drug-likeness (QED) is 0.533. The first-order chi connectivity index (χ1) is 14.3. The second kappa shape index (κ2) is 8.75. The first-order valence-electron chi connectivity index (χ1n) is 9.51. The van der Waals surface area contributed by atoms with E-state index in [-0.39, 0.29) is 4.90 Å². The number of ether oxygens (including phenoxy) is 2. The van der Waals surface area contributed by atoms with Crippen molar-refractivity contribution in [3.63, 3.8) is 0 Å². The van der Waals surface area contributed by atoms with Gasteiger partial charge in [0.2, 0.25) is 0 Å². The van der Waals surface area contributed by atoms with Gasteiger partial charge in [0.15, 0.2) is 0 Å². The molecule has 30 heavy (non-hydrogen) atoms. The first-order valence-corrected chi connectivity index (χ1v) is 10.9. The van der Waals surface area contributed by atoms with Crippen LogP contribution in [0.25, 0.3) is 0 Å². The molecule has 0 saturated heterocycles. The fourth-order valence-electron chi connectivity index (χ4n) is 3.51. The Morgan fingerprint density at radius 3 is 2.17 bits per heavy atom. The van der Waals surface area contributed by atoms with Gasteiger partial charge in [0, 0.05) is 17.8 Å². The fraction of sp³-hybridized carbons (Fsp3) is 0.261. The third-order valence-electron chi connectivity index (χ3n) is 5.19. The van der Waals surface area contributed by atoms with Gasteiger partial charge >= 0.3 is 5.97 Å². The summed E-state index contributed by atoms with van der Waals surface area (Å²) in [7, 11) is -0.937. The highest BCUT2D eigenvalue weighted by Crippen LogP contribution is 2.35. The minimum absolute atomic E-state index is 0.185. The van der Waals surface area contributed by atoms with Crippen LogP contribution < -0.4 is 4.74 Å². The summed E-state index contributed by atoms with van der Waals surface area (Å²) in [6.45, 7) is 3.63. The molecule has 0 aliphatic rings. The molecule has 0 aliphatic carbocycles. The summed E-state index contributed by atoms with van der Waals surface area (Å²) in [5.41, 5.74) is 2.24. The number of benzene rings is 2. The molecule has 0 amide bonds. The predicted molar refractivity (Wildman–Crippen MR) is 114 cm³/mol. The van der Waals surface area contributed by atoms with Gasteiger partial charge in [-0.2, -0.15) is 0 Å². The van der Waals surface area contributed by atoms with E-state index in [4.69, 9.17) is 9.47 Å². The lowest BCUT2D eigenvalue weighted by atomic mass is 9.84. The molecule has 7 heteroatoms. The molecule has 0 aliphatic heterocycles. The summed E-state index contributed by atoms with van der Waals surface area (Å²) in [4.78, 5) is 12.6. The van der Waals surface area contributed by atoms with Crippen molar-refractivity contribution in [2.45, 2.75) is 24.7 Å². The highest BCUT2D eigenvalue weighted by Gasteiger charge is 2.32. The van der Waals surface area contributed by atoms with E-state index in [9.17, 15) is 13.2 Å². The molecule has 0 unspecified atom stereocenters. The molecular formula is C23H25NO5S. The molecule has 1 aromatic heterocycles. The maximum absolute atomic E-state index is 13.4. The molecule has 2 atom stereocenters. The lowest BCUT2D eigenvalue weighted by Crippen LogP contribution is -2.26. The van der Waals surface area contributed by atoms with E-state index in [0.717, 1.165) is 11.1 Å². The van der Waals surface area contributed by atoms with Crippen LogP contribution in [0.4, 0.5) is 0 Å². The molecule has 0 fully saturated rings. The average Bonchev–Trinajstić information content (AvgIpc) is 3.24. The Balaban J connectivity index is 2.14. The van der Waals surface area contributed by atoms with Gasteiger partial charge in [0.1, 0.15) is 5.75 Å². The van der Waals surface area contributed by atoms with Crippen molar-refractivity contribution < 1.29 is 22.7 Å². The maximum Gasteiger partial charge on any atom is 0.309 e. The van der Waals surface area contributed by atoms with E-state index in [1.54, 1.807) is 62.6 Å². The first kappa shape index (κ1) is 21.6. The molecule has 3 aromatic rings. The third-order valence-corrected chi connectivity index (χ3v) is 6.91. The average molecular weight is 428 g/mol. The lowest BCUT2D eigenvalue weighted by Gasteiger charge is -2.24. The lowest BCUT2D eigenvalue weighted by molar-refractivity contribution is -0.145. The van der Waals surface area contributed by atoms with Gasteiger partial charge in [0.05, 0.1) is 25.0 Å². The largest absolute Gasteiger partial charge is 0.497 e. The predicted octanol–water partition coefficient (Wildman–Crippen LogP) is 3.98. The van der Waals surface area contributed by atoms with Gasteiger partial charge < -0.3 is 9.47 Å². The number of carbonyl (C=O) groups is 1. The number of aromatic nitrogens is 1. The van der Waals surface area contributed by atoms with Crippen LogP contribution in [0.5, 0.6) is 5.75 Å². The molecule has 3 rings (SSSR count). The van der Waals surface area contributed by atoms with E-state index in [0.29, 0.717) is 11.4 Å². The number of esters is 1. The van der Waals surface area contributed by atoms with Crippen molar-refractivity contribution in [1.82, 2.24) is 3.97 Å². The third kappa shape index (κ3) is 4.11. The molecule has 0 bridgehead atoms. The SMILES string of the molecule is COC(=O)[C@H](C)[C@@H](c1ccc(OC)cc1)c1cccn1S(=O)(=O)c1ccc(C)cc1. The zero-order valence-corrected chi connectivity index (χ0v) is 18.2. The minimum Gasteiger partial charge on any atom is -0.497 e. The Bertz CT molecular complexity index is 1120. The van der Waals surface area contributed by atoms with Gasteiger partial charge in [-0.25, -0.2) is 12.4 Å². The number of nitrogens with zero attached hydrogens (tertiary/aromatic N) is 1. The normalized spacial score (nSPS) is 13.5. The van der Waals surface area contributed by atoms with Crippen molar-refractivity contribution >= 4 is 16.0 Å². The number of rotatable bonds is 7. The van der Waals surface area contributed by atoms with Gasteiger partial charge in [-0.15, -0.1) is 0 Å². The van der Waals surface area contributed by atoms with Crippen LogP contribution in [0.2, 0.25) is 0 Å². The summed E-state index contributed by atoms with van der Waals surface area (Å²) in [6, 6.07) is 17.3. The van der Waals surface area contributed by atoms with E-state index >= 15 is 0 Å². The van der Waals surface area contributed by atoms with Crippen LogP contribution in [0, 0.1) is 12.8 Å². The van der Waals surface area contributed by atoms with Crippen LogP contribution >= 0.6 is 0 Å². The number of methoxy groups -OCH3 is 2. The molecule has 0 spiro atoms. The van der Waals surface area contributed by atoms with Gasteiger partial charge in [-0.05, 0) is 48.9 Å². The van der Waals surface area contributed by atoms with Crippen LogP contribution in [0.1, 0.15) is 29.7 Å². The monoisotopic (exact) mass is 427 g/mol. The number of hydrogen-bond donors (Lipinski definition) is 0.